The maximum Gasteiger partial charge on any atom is 0.305 e. The molecule has 2 fully saturated rings. The Morgan fingerprint density at radius 2 is 1.87 bits per heavy atom. The number of nitrogens with zero attached hydrogens (tertiary/aromatic N) is 2. The molecule has 0 saturated carbocycles. The first-order valence-electron chi connectivity index (χ1n) is 8.38. The van der Waals surface area contributed by atoms with E-state index >= 15 is 0 Å². The Morgan fingerprint density at radius 1 is 1.17 bits per heavy atom. The van der Waals surface area contributed by atoms with E-state index < -0.39 is 22.0 Å². The molecular formula is C15H26N2O5S. The fourth-order valence-corrected chi connectivity index (χ4v) is 5.37. The average molecular weight is 346 g/mol. The first-order chi connectivity index (χ1) is 10.9. The summed E-state index contributed by atoms with van der Waals surface area (Å²) in [5.74, 6) is -1.06. The van der Waals surface area contributed by atoms with Gasteiger partial charge in [0, 0.05) is 19.1 Å². The molecule has 132 valence electrons. The summed E-state index contributed by atoms with van der Waals surface area (Å²) >= 11 is 0. The Labute approximate surface area is 137 Å². The highest BCUT2D eigenvalue weighted by Gasteiger charge is 2.42. The highest BCUT2D eigenvalue weighted by atomic mass is 32.2. The van der Waals surface area contributed by atoms with Gasteiger partial charge in [-0.15, -0.1) is 0 Å². The molecule has 0 aromatic heterocycles. The van der Waals surface area contributed by atoms with Crippen molar-refractivity contribution in [1.82, 2.24) is 9.21 Å². The van der Waals surface area contributed by atoms with Crippen molar-refractivity contribution in [3.8, 4) is 0 Å². The number of carboxylic acid groups (broad SMARTS) is 1. The second-order valence-electron chi connectivity index (χ2n) is 6.36. The maximum absolute atomic E-state index is 12.8. The van der Waals surface area contributed by atoms with E-state index in [1.807, 2.05) is 6.92 Å². The molecule has 1 N–H and O–H groups in total. The number of hydrogen-bond donors (Lipinski definition) is 1. The quantitative estimate of drug-likeness (QED) is 0.743. The van der Waals surface area contributed by atoms with E-state index in [4.69, 9.17) is 5.11 Å². The Balaban J connectivity index is 2.09. The van der Waals surface area contributed by atoms with Crippen molar-refractivity contribution in [3.05, 3.63) is 0 Å². The van der Waals surface area contributed by atoms with E-state index in [1.54, 1.807) is 4.90 Å². The van der Waals surface area contributed by atoms with E-state index in [2.05, 4.69) is 0 Å². The van der Waals surface area contributed by atoms with Crippen LogP contribution in [0.2, 0.25) is 0 Å². The van der Waals surface area contributed by atoms with E-state index in [1.165, 1.54) is 4.31 Å². The third-order valence-electron chi connectivity index (χ3n) is 4.67. The minimum atomic E-state index is -3.42. The van der Waals surface area contributed by atoms with Crippen LogP contribution < -0.4 is 0 Å². The van der Waals surface area contributed by atoms with Crippen LogP contribution in [0.5, 0.6) is 0 Å². The summed E-state index contributed by atoms with van der Waals surface area (Å²) < 4.78 is 26.2. The fourth-order valence-electron chi connectivity index (χ4n) is 3.49. The largest absolute Gasteiger partial charge is 0.481 e. The van der Waals surface area contributed by atoms with Crippen LogP contribution in [-0.4, -0.2) is 65.5 Å². The second-order valence-corrected chi connectivity index (χ2v) is 8.40. The number of aliphatic carboxylic acids is 1. The zero-order valence-electron chi connectivity index (χ0n) is 13.6. The molecule has 2 atom stereocenters. The summed E-state index contributed by atoms with van der Waals surface area (Å²) in [6, 6.07) is -0.952. The molecule has 23 heavy (non-hydrogen) atoms. The summed E-state index contributed by atoms with van der Waals surface area (Å²) in [4.78, 5) is 25.3. The van der Waals surface area contributed by atoms with Gasteiger partial charge >= 0.3 is 5.97 Å². The van der Waals surface area contributed by atoms with Crippen molar-refractivity contribution in [3.63, 3.8) is 0 Å². The van der Waals surface area contributed by atoms with Crippen LogP contribution in [0.4, 0.5) is 0 Å². The summed E-state index contributed by atoms with van der Waals surface area (Å²) in [6.45, 7) is 2.85. The Hall–Kier alpha value is -1.15. The molecule has 2 unspecified atom stereocenters. The van der Waals surface area contributed by atoms with Gasteiger partial charge in [0.25, 0.3) is 0 Å². The summed E-state index contributed by atoms with van der Waals surface area (Å²) in [5, 5.41) is 8.97. The first kappa shape index (κ1) is 18.2. The van der Waals surface area contributed by atoms with Gasteiger partial charge < -0.3 is 10.0 Å². The lowest BCUT2D eigenvalue weighted by molar-refractivity contribution is -0.141. The number of unbranched alkanes of at least 4 members (excludes halogenated alkanes) is 1. The first-order valence-corrected chi connectivity index (χ1v) is 9.99. The molecule has 2 rings (SSSR count). The molecule has 8 heteroatoms. The number of sulfonamides is 1. The van der Waals surface area contributed by atoms with Crippen LogP contribution in [0, 0.1) is 0 Å². The molecule has 2 aliphatic rings. The fraction of sp³-hybridized carbons (Fsp3) is 0.867. The zero-order valence-corrected chi connectivity index (χ0v) is 14.4. The SMILES string of the molecule is CCCCS(=O)(=O)N1CCCC1C(=O)N1CCCC1CC(=O)O. The lowest BCUT2D eigenvalue weighted by Gasteiger charge is -2.30. The monoisotopic (exact) mass is 346 g/mol. The number of likely N-dealkylation sites (tertiary alicyclic amines) is 1. The van der Waals surface area contributed by atoms with Crippen LogP contribution in [0.3, 0.4) is 0 Å². The van der Waals surface area contributed by atoms with Crippen LogP contribution in [-0.2, 0) is 19.6 Å². The third-order valence-corrected chi connectivity index (χ3v) is 6.63. The Kier molecular flexibility index (Phi) is 6.02. The summed E-state index contributed by atoms with van der Waals surface area (Å²) in [5.41, 5.74) is 0. The molecule has 0 radical (unpaired) electrons. The van der Waals surface area contributed by atoms with E-state index in [0.29, 0.717) is 38.8 Å². The van der Waals surface area contributed by atoms with Crippen LogP contribution in [0.15, 0.2) is 0 Å². The molecule has 0 aromatic carbocycles. The smallest absolute Gasteiger partial charge is 0.305 e. The molecule has 0 spiro atoms. The Morgan fingerprint density at radius 3 is 2.52 bits per heavy atom. The predicted octanol–water partition coefficient (Wildman–Crippen LogP) is 1.05. The molecule has 0 aromatic rings. The molecule has 1 amide bonds. The Bertz CT molecular complexity index is 548. The second kappa shape index (κ2) is 7.61. The van der Waals surface area contributed by atoms with Crippen molar-refractivity contribution >= 4 is 21.9 Å². The van der Waals surface area contributed by atoms with E-state index in [-0.39, 0.29) is 24.1 Å². The number of carbonyl (C=O) groups excluding carboxylic acids is 1. The zero-order chi connectivity index (χ0) is 17.0. The minimum absolute atomic E-state index is 0.0684. The van der Waals surface area contributed by atoms with Gasteiger partial charge in [-0.05, 0) is 32.1 Å². The predicted molar refractivity (Wildman–Crippen MR) is 85.4 cm³/mol. The van der Waals surface area contributed by atoms with Crippen LogP contribution in [0.1, 0.15) is 51.9 Å². The number of carboxylic acids is 1. The molecule has 7 nitrogen and oxygen atoms in total. The molecule has 0 bridgehead atoms. The lowest BCUT2D eigenvalue weighted by atomic mass is 10.1. The van der Waals surface area contributed by atoms with Crippen molar-refractivity contribution in [1.29, 1.82) is 0 Å². The number of hydrogen-bond acceptors (Lipinski definition) is 4. The van der Waals surface area contributed by atoms with E-state index in [9.17, 15) is 18.0 Å². The van der Waals surface area contributed by atoms with Gasteiger partial charge in [0.05, 0.1) is 12.2 Å². The van der Waals surface area contributed by atoms with Gasteiger partial charge in [-0.2, -0.15) is 4.31 Å². The molecule has 2 saturated heterocycles. The average Bonchev–Trinajstić information content (AvgIpc) is 3.13. The van der Waals surface area contributed by atoms with Crippen molar-refractivity contribution in [2.24, 2.45) is 0 Å². The normalized spacial score (nSPS) is 25.9. The molecular weight excluding hydrogens is 320 g/mol. The highest BCUT2D eigenvalue weighted by molar-refractivity contribution is 7.89. The minimum Gasteiger partial charge on any atom is -0.481 e. The lowest BCUT2D eigenvalue weighted by Crippen LogP contribution is -2.50. The number of carbonyl (C=O) groups is 2. The van der Waals surface area contributed by atoms with Gasteiger partial charge in [0.2, 0.25) is 15.9 Å². The number of rotatable bonds is 7. The third kappa shape index (κ3) is 4.23. The number of amides is 1. The standard InChI is InChI=1S/C15H26N2O5S/c1-2-3-10-23(21,22)17-9-5-7-13(17)15(20)16-8-4-6-12(16)11-14(18)19/h12-13H,2-11H2,1H3,(H,18,19). The van der Waals surface area contributed by atoms with Crippen molar-refractivity contribution in [2.75, 3.05) is 18.8 Å². The highest BCUT2D eigenvalue weighted by Crippen LogP contribution is 2.28. The van der Waals surface area contributed by atoms with Crippen LogP contribution in [0.25, 0.3) is 0 Å². The maximum atomic E-state index is 12.8. The summed E-state index contributed by atoms with van der Waals surface area (Å²) in [6.07, 6.45) is 3.97. The molecule has 2 heterocycles. The van der Waals surface area contributed by atoms with E-state index in [0.717, 1.165) is 12.8 Å². The van der Waals surface area contributed by atoms with Crippen LogP contribution >= 0.6 is 0 Å². The van der Waals surface area contributed by atoms with Crippen molar-refractivity contribution < 1.29 is 23.1 Å². The van der Waals surface area contributed by atoms with Gasteiger partial charge in [0.1, 0.15) is 6.04 Å². The van der Waals surface area contributed by atoms with Crippen molar-refractivity contribution in [2.45, 2.75) is 64.0 Å². The van der Waals surface area contributed by atoms with Gasteiger partial charge in [-0.1, -0.05) is 13.3 Å². The van der Waals surface area contributed by atoms with Gasteiger partial charge in [-0.25, -0.2) is 8.42 Å². The molecule has 2 aliphatic heterocycles. The summed E-state index contributed by atoms with van der Waals surface area (Å²) in [7, 11) is -3.42. The topological polar surface area (TPSA) is 95.0 Å². The van der Waals surface area contributed by atoms with Gasteiger partial charge in [0.15, 0.2) is 0 Å². The van der Waals surface area contributed by atoms with Gasteiger partial charge in [-0.3, -0.25) is 9.59 Å². The molecule has 0 aliphatic carbocycles.